The molecule has 8 nitrogen and oxygen atoms in total. The molecule has 0 saturated carbocycles. The van der Waals surface area contributed by atoms with Crippen molar-refractivity contribution in [1.82, 2.24) is 0 Å². The molecule has 0 fully saturated rings. The Morgan fingerprint density at radius 1 is 0.885 bits per heavy atom. The van der Waals surface area contributed by atoms with Crippen molar-refractivity contribution in [3.8, 4) is 0 Å². The first kappa shape index (κ1) is 23.3. The number of amides is 2. The molecule has 1 rings (SSSR count). The second-order valence-corrected chi connectivity index (χ2v) is 8.30. The minimum absolute atomic E-state index is 0.0107. The second-order valence-electron chi connectivity index (χ2n) is 5.06. The van der Waals surface area contributed by atoms with Crippen molar-refractivity contribution in [2.24, 2.45) is 11.5 Å². The predicted molar refractivity (Wildman–Crippen MR) is 117 cm³/mol. The molecular weight excluding hydrogens is 685 g/mol. The SMILES string of the molecule is CC(=O)OCCC(OC(C)=O)c1c(I)c(C(N)=O)c(I)c(C(N)=O)c1I. The molecule has 0 aromatic heterocycles. The van der Waals surface area contributed by atoms with Crippen molar-refractivity contribution >= 4 is 91.5 Å². The quantitative estimate of drug-likeness (QED) is 0.331. The largest absolute Gasteiger partial charge is 0.466 e. The van der Waals surface area contributed by atoms with Gasteiger partial charge in [-0.15, -0.1) is 0 Å². The first-order valence-electron chi connectivity index (χ1n) is 7.09. The van der Waals surface area contributed by atoms with Crippen LogP contribution < -0.4 is 11.5 Å². The van der Waals surface area contributed by atoms with E-state index in [-0.39, 0.29) is 24.2 Å². The number of hydrogen-bond acceptors (Lipinski definition) is 6. The maximum Gasteiger partial charge on any atom is 0.303 e. The smallest absolute Gasteiger partial charge is 0.303 e. The molecule has 0 heterocycles. The van der Waals surface area contributed by atoms with Crippen LogP contribution in [-0.2, 0) is 19.1 Å². The topological polar surface area (TPSA) is 139 Å². The number of nitrogens with two attached hydrogens (primary N) is 2. The zero-order valence-electron chi connectivity index (χ0n) is 13.7. The monoisotopic (exact) mass is 700 g/mol. The summed E-state index contributed by atoms with van der Waals surface area (Å²) in [7, 11) is 0. The molecule has 0 aliphatic rings. The Morgan fingerprint density at radius 2 is 1.35 bits per heavy atom. The number of ether oxygens (including phenoxy) is 2. The van der Waals surface area contributed by atoms with E-state index in [0.29, 0.717) is 16.3 Å². The van der Waals surface area contributed by atoms with E-state index in [9.17, 15) is 19.2 Å². The van der Waals surface area contributed by atoms with E-state index in [1.165, 1.54) is 13.8 Å². The summed E-state index contributed by atoms with van der Waals surface area (Å²) in [6, 6.07) is 0. The Kier molecular flexibility index (Phi) is 8.98. The van der Waals surface area contributed by atoms with Gasteiger partial charge in [0.25, 0.3) is 11.8 Å². The molecule has 1 unspecified atom stereocenters. The Morgan fingerprint density at radius 3 is 1.69 bits per heavy atom. The molecule has 0 aliphatic heterocycles. The number of benzene rings is 1. The van der Waals surface area contributed by atoms with Gasteiger partial charge in [-0.2, -0.15) is 0 Å². The number of primary amides is 2. The number of esters is 2. The number of halogens is 3. The van der Waals surface area contributed by atoms with Gasteiger partial charge in [-0.1, -0.05) is 0 Å². The van der Waals surface area contributed by atoms with Gasteiger partial charge in [0.2, 0.25) is 0 Å². The molecule has 2 amide bonds. The normalized spacial score (nSPS) is 11.6. The Balaban J connectivity index is 3.62. The van der Waals surface area contributed by atoms with E-state index in [4.69, 9.17) is 20.9 Å². The maximum atomic E-state index is 11.9. The predicted octanol–water partition coefficient (Wildman–Crippen LogP) is 2.26. The third-order valence-corrected chi connectivity index (χ3v) is 6.48. The number of hydrogen-bond donors (Lipinski definition) is 2. The number of rotatable bonds is 7. The first-order chi connectivity index (χ1) is 12.0. The molecular formula is C15H15I3N2O6. The number of carbonyl (C=O) groups is 4. The first-order valence-corrected chi connectivity index (χ1v) is 10.3. The van der Waals surface area contributed by atoms with E-state index in [2.05, 4.69) is 0 Å². The standard InChI is InChI=1S/C15H15I3N2O6/c1-5(21)25-4-3-7(26-6(2)22)8-11(16)9(14(19)23)13(18)10(12(8)17)15(20)24/h7H,3-4H2,1-2H3,(H2,19,23)(H2,20,24). The van der Waals surface area contributed by atoms with Crippen LogP contribution in [-0.4, -0.2) is 30.4 Å². The van der Waals surface area contributed by atoms with Gasteiger partial charge in [0.1, 0.15) is 6.10 Å². The van der Waals surface area contributed by atoms with Gasteiger partial charge in [0, 0.05) is 36.5 Å². The fourth-order valence-corrected chi connectivity index (χ4v) is 7.10. The lowest BCUT2D eigenvalue weighted by molar-refractivity contribution is -0.149. The highest BCUT2D eigenvalue weighted by Crippen LogP contribution is 2.37. The van der Waals surface area contributed by atoms with E-state index in [1.807, 2.05) is 67.8 Å². The van der Waals surface area contributed by atoms with Crippen LogP contribution in [0.3, 0.4) is 0 Å². The van der Waals surface area contributed by atoms with Crippen LogP contribution in [0.4, 0.5) is 0 Å². The van der Waals surface area contributed by atoms with Crippen molar-refractivity contribution in [3.05, 3.63) is 27.4 Å². The Labute approximate surface area is 190 Å². The summed E-state index contributed by atoms with van der Waals surface area (Å²) >= 11 is 5.66. The molecule has 11 heteroatoms. The minimum Gasteiger partial charge on any atom is -0.466 e. The molecule has 1 aromatic rings. The van der Waals surface area contributed by atoms with Crippen LogP contribution in [0.15, 0.2) is 0 Å². The lowest BCUT2D eigenvalue weighted by atomic mass is 9.99. The van der Waals surface area contributed by atoms with Crippen LogP contribution in [0.2, 0.25) is 0 Å². The highest BCUT2D eigenvalue weighted by Gasteiger charge is 2.30. The fourth-order valence-electron chi connectivity index (χ4n) is 2.17. The summed E-state index contributed by atoms with van der Waals surface area (Å²) in [6.07, 6.45) is -0.707. The van der Waals surface area contributed by atoms with Crippen molar-refractivity contribution in [1.29, 1.82) is 0 Å². The van der Waals surface area contributed by atoms with Crippen LogP contribution in [0, 0.1) is 10.7 Å². The molecule has 0 radical (unpaired) electrons. The van der Waals surface area contributed by atoms with Gasteiger partial charge in [-0.05, 0) is 67.8 Å². The highest BCUT2D eigenvalue weighted by atomic mass is 127. The molecule has 1 aromatic carbocycles. The summed E-state index contributed by atoms with van der Waals surface area (Å²) in [5.41, 5.74) is 11.6. The summed E-state index contributed by atoms with van der Waals surface area (Å²) in [5.74, 6) is -2.51. The average Bonchev–Trinajstić information content (AvgIpc) is 2.44. The fraction of sp³-hybridized carbons (Fsp3) is 0.333. The molecule has 0 aliphatic carbocycles. The van der Waals surface area contributed by atoms with E-state index in [0.717, 1.165) is 0 Å². The molecule has 0 bridgehead atoms. The van der Waals surface area contributed by atoms with Gasteiger partial charge in [-0.25, -0.2) is 0 Å². The van der Waals surface area contributed by atoms with Gasteiger partial charge >= 0.3 is 11.9 Å². The Bertz CT molecular complexity index is 740. The van der Waals surface area contributed by atoms with Gasteiger partial charge < -0.3 is 20.9 Å². The van der Waals surface area contributed by atoms with Crippen molar-refractivity contribution in [3.63, 3.8) is 0 Å². The van der Waals surface area contributed by atoms with E-state index >= 15 is 0 Å². The lowest BCUT2D eigenvalue weighted by Gasteiger charge is -2.23. The zero-order chi connectivity index (χ0) is 20.2. The minimum atomic E-state index is -0.848. The van der Waals surface area contributed by atoms with Gasteiger partial charge in [0.15, 0.2) is 0 Å². The highest BCUT2D eigenvalue weighted by molar-refractivity contribution is 14.1. The lowest BCUT2D eigenvalue weighted by Crippen LogP contribution is -2.25. The molecule has 1 atom stereocenters. The molecule has 142 valence electrons. The van der Waals surface area contributed by atoms with Crippen LogP contribution in [0.25, 0.3) is 0 Å². The molecule has 26 heavy (non-hydrogen) atoms. The van der Waals surface area contributed by atoms with Crippen molar-refractivity contribution in [2.45, 2.75) is 26.4 Å². The van der Waals surface area contributed by atoms with Crippen LogP contribution in [0.5, 0.6) is 0 Å². The third-order valence-electron chi connectivity index (χ3n) is 3.16. The molecule has 4 N–H and O–H groups in total. The summed E-state index contributed by atoms with van der Waals surface area (Å²) in [5, 5.41) is 0. The van der Waals surface area contributed by atoms with Crippen molar-refractivity contribution in [2.75, 3.05) is 6.61 Å². The maximum absolute atomic E-state index is 11.9. The molecule has 0 spiro atoms. The summed E-state index contributed by atoms with van der Waals surface area (Å²) in [4.78, 5) is 46.3. The van der Waals surface area contributed by atoms with Crippen LogP contribution in [0.1, 0.15) is 52.7 Å². The Hall–Kier alpha value is -0.710. The number of carbonyl (C=O) groups excluding carboxylic acids is 4. The zero-order valence-corrected chi connectivity index (χ0v) is 20.2. The van der Waals surface area contributed by atoms with E-state index in [1.54, 1.807) is 0 Å². The van der Waals surface area contributed by atoms with E-state index < -0.39 is 29.9 Å². The summed E-state index contributed by atoms with van der Waals surface area (Å²) in [6.45, 7) is 2.48. The van der Waals surface area contributed by atoms with Crippen LogP contribution >= 0.6 is 67.8 Å². The van der Waals surface area contributed by atoms with Gasteiger partial charge in [0.05, 0.1) is 17.7 Å². The van der Waals surface area contributed by atoms with Crippen molar-refractivity contribution < 1.29 is 28.7 Å². The van der Waals surface area contributed by atoms with Gasteiger partial charge in [-0.3, -0.25) is 19.2 Å². The third kappa shape index (κ3) is 5.64. The second kappa shape index (κ2) is 10.0. The molecule has 0 saturated heterocycles. The summed E-state index contributed by atoms with van der Waals surface area (Å²) < 4.78 is 11.5. The average molecular weight is 700 g/mol.